The Morgan fingerprint density at radius 3 is 1.57 bits per heavy atom. The summed E-state index contributed by atoms with van der Waals surface area (Å²) in [6.07, 6.45) is -6.40. The highest BCUT2D eigenvalue weighted by atomic mass is 32.1. The Labute approximate surface area is 427 Å². The number of phenolic OH excluding ortho intramolecular Hbond substituents is 1. The van der Waals surface area contributed by atoms with Crippen LogP contribution in [0.3, 0.4) is 0 Å². The molecule has 1 aromatic carbocycles. The van der Waals surface area contributed by atoms with Gasteiger partial charge in [-0.2, -0.15) is 12.6 Å². The maximum Gasteiger partial charge on any atom is 0.326 e. The van der Waals surface area contributed by atoms with Crippen molar-refractivity contribution in [1.29, 1.82) is 0 Å². The fraction of sp³-hybridized carbons (Fsp3) is 0.568. The number of nitrogens with zero attached hydrogens (tertiary/aromatic N) is 2. The number of aliphatic hydroxyl groups is 1. The van der Waals surface area contributed by atoms with Gasteiger partial charge in [0, 0.05) is 38.1 Å². The largest absolute Gasteiger partial charge is 0.508 e. The molecule has 2 aliphatic heterocycles. The summed E-state index contributed by atoms with van der Waals surface area (Å²) in [4.78, 5) is 170. The number of amides is 9. The first-order valence-corrected chi connectivity index (χ1v) is 23.8. The number of phenols is 1. The lowest BCUT2D eigenvalue weighted by Crippen LogP contribution is -2.61. The summed E-state index contributed by atoms with van der Waals surface area (Å²) in [6, 6.07) is -9.40. The van der Waals surface area contributed by atoms with E-state index >= 15 is 0 Å². The van der Waals surface area contributed by atoms with Crippen molar-refractivity contribution in [2.45, 2.75) is 138 Å². The van der Waals surface area contributed by atoms with E-state index in [9.17, 15) is 93.0 Å². The summed E-state index contributed by atoms with van der Waals surface area (Å²) in [7, 11) is 0. The zero-order valence-corrected chi connectivity index (χ0v) is 40.9. The lowest BCUT2D eigenvalue weighted by Gasteiger charge is -2.31. The Hall–Kier alpha value is -7.60. The van der Waals surface area contributed by atoms with E-state index < -0.39 is 176 Å². The number of aliphatic carboxylic acids is 4. The van der Waals surface area contributed by atoms with Crippen LogP contribution in [0.25, 0.3) is 0 Å². The number of hydrogen-bond acceptors (Lipinski definition) is 17. The number of thiol groups is 1. The number of nitrogens with one attached hydrogen (secondary N) is 6. The molecule has 0 saturated carbocycles. The van der Waals surface area contributed by atoms with Crippen LogP contribution in [-0.2, 0) is 68.7 Å². The second-order valence-corrected chi connectivity index (χ2v) is 17.9. The van der Waals surface area contributed by atoms with Crippen molar-refractivity contribution in [1.82, 2.24) is 41.7 Å². The maximum atomic E-state index is 14.2. The molecule has 0 aliphatic carbocycles. The molecular weight excluding hydrogens is 1000 g/mol. The summed E-state index contributed by atoms with van der Waals surface area (Å²) < 4.78 is 0. The molecule has 2 saturated heterocycles. The maximum absolute atomic E-state index is 14.2. The molecule has 0 bridgehead atoms. The average molecular weight is 1070 g/mol. The molecule has 30 heteroatoms. The molecule has 74 heavy (non-hydrogen) atoms. The van der Waals surface area contributed by atoms with Crippen LogP contribution in [0.4, 0.5) is 0 Å². The summed E-state index contributed by atoms with van der Waals surface area (Å²) >= 11 is 4.01. The summed E-state index contributed by atoms with van der Waals surface area (Å²) in [6.45, 7) is 1.05. The number of nitrogens with two attached hydrogens (primary N) is 2. The van der Waals surface area contributed by atoms with E-state index in [0.29, 0.717) is 12.0 Å². The van der Waals surface area contributed by atoms with Crippen LogP contribution in [0.1, 0.15) is 76.7 Å². The summed E-state index contributed by atoms with van der Waals surface area (Å²) in [5, 5.41) is 71.7. The normalized spacial score (nSPS) is 18.4. The predicted octanol–water partition coefficient (Wildman–Crippen LogP) is -5.37. The van der Waals surface area contributed by atoms with E-state index in [1.165, 1.54) is 29.2 Å². The molecule has 16 N–H and O–H groups in total. The molecule has 0 spiro atoms. The Bertz CT molecular complexity index is 2290. The van der Waals surface area contributed by atoms with Crippen molar-refractivity contribution in [3.05, 3.63) is 29.8 Å². The van der Waals surface area contributed by atoms with Crippen LogP contribution in [0.15, 0.2) is 24.3 Å². The highest BCUT2D eigenvalue weighted by Gasteiger charge is 2.42. The number of primary amides is 1. The van der Waals surface area contributed by atoms with E-state index in [1.807, 2.05) is 0 Å². The first-order chi connectivity index (χ1) is 34.7. The highest BCUT2D eigenvalue weighted by molar-refractivity contribution is 7.80. The lowest BCUT2D eigenvalue weighted by atomic mass is 10.0. The van der Waals surface area contributed by atoms with Crippen LogP contribution in [-0.4, -0.2) is 197 Å². The molecule has 0 unspecified atom stereocenters. The minimum absolute atomic E-state index is 0.0386. The van der Waals surface area contributed by atoms with Gasteiger partial charge in [-0.25, -0.2) is 4.79 Å². The SMILES string of the molecule is C[C@@H](O)[C@H](NC(=O)[C@@H]1CCCN1C(=O)[C@@H](N)CS)C(=O)N[C@@H](CCC(=O)O)C(=O)N[C@@H](CC(N)=O)C(=O)N[C@@H](CCC(=O)O)C(=O)N1CCC[C@H]1C(=O)N[C@@H](CC(=O)O)C(=O)N[C@@H](Cc1ccc(O)cc1)C(=O)O. The first kappa shape index (κ1) is 60.7. The van der Waals surface area contributed by atoms with Gasteiger partial charge in [-0.3, -0.25) is 57.5 Å². The average Bonchev–Trinajstić information content (AvgIpc) is 4.03. The minimum Gasteiger partial charge on any atom is -0.508 e. The van der Waals surface area contributed by atoms with Gasteiger partial charge in [0.15, 0.2) is 0 Å². The third-order valence-electron chi connectivity index (χ3n) is 11.8. The molecule has 2 heterocycles. The van der Waals surface area contributed by atoms with E-state index in [1.54, 1.807) is 0 Å². The molecule has 408 valence electrons. The molecule has 3 rings (SSSR count). The second kappa shape index (κ2) is 28.6. The molecule has 1 aromatic rings. The number of rotatable bonds is 29. The van der Waals surface area contributed by atoms with Crippen molar-refractivity contribution >= 4 is 89.7 Å². The summed E-state index contributed by atoms with van der Waals surface area (Å²) in [5.74, 6) is -16.2. The third kappa shape index (κ3) is 18.5. The number of aliphatic hydroxyl groups excluding tert-OH is 1. The van der Waals surface area contributed by atoms with E-state index in [-0.39, 0.29) is 50.3 Å². The van der Waals surface area contributed by atoms with Crippen LogP contribution in [0.2, 0.25) is 0 Å². The Morgan fingerprint density at radius 1 is 0.622 bits per heavy atom. The van der Waals surface area contributed by atoms with Gasteiger partial charge in [0.1, 0.15) is 54.1 Å². The van der Waals surface area contributed by atoms with Gasteiger partial charge in [0.25, 0.3) is 0 Å². The van der Waals surface area contributed by atoms with E-state index in [0.717, 1.165) is 11.8 Å². The van der Waals surface area contributed by atoms with Gasteiger partial charge in [0.05, 0.1) is 25.0 Å². The van der Waals surface area contributed by atoms with Crippen LogP contribution < -0.4 is 43.4 Å². The first-order valence-electron chi connectivity index (χ1n) is 23.2. The van der Waals surface area contributed by atoms with Crippen molar-refractivity contribution in [2.75, 3.05) is 18.8 Å². The van der Waals surface area contributed by atoms with Crippen molar-refractivity contribution < 1.29 is 93.0 Å². The van der Waals surface area contributed by atoms with Gasteiger partial charge < -0.3 is 83.8 Å². The zero-order chi connectivity index (χ0) is 55.6. The van der Waals surface area contributed by atoms with Crippen LogP contribution in [0, 0.1) is 0 Å². The van der Waals surface area contributed by atoms with Gasteiger partial charge in [0.2, 0.25) is 53.2 Å². The Kier molecular flexibility index (Phi) is 23.5. The van der Waals surface area contributed by atoms with Gasteiger partial charge in [-0.1, -0.05) is 12.1 Å². The number of aromatic hydroxyl groups is 1. The molecular formula is C44H62N10O19S. The molecule has 0 radical (unpaired) electrons. The quantitative estimate of drug-likeness (QED) is 0.0333. The fourth-order valence-electron chi connectivity index (χ4n) is 8.02. The van der Waals surface area contributed by atoms with Crippen LogP contribution >= 0.6 is 12.6 Å². The topological polar surface area (TPSA) is 474 Å². The number of carboxylic acid groups (broad SMARTS) is 4. The molecule has 29 nitrogen and oxygen atoms in total. The predicted molar refractivity (Wildman–Crippen MR) is 254 cm³/mol. The third-order valence-corrected chi connectivity index (χ3v) is 12.2. The molecule has 2 aliphatic rings. The number of carboxylic acids is 4. The van der Waals surface area contributed by atoms with Crippen molar-refractivity contribution in [2.24, 2.45) is 11.5 Å². The molecule has 0 aromatic heterocycles. The number of hydrogen-bond donors (Lipinski definition) is 15. The fourth-order valence-corrected chi connectivity index (χ4v) is 8.18. The smallest absolute Gasteiger partial charge is 0.326 e. The second-order valence-electron chi connectivity index (χ2n) is 17.5. The van der Waals surface area contributed by atoms with E-state index in [2.05, 4.69) is 44.5 Å². The van der Waals surface area contributed by atoms with Crippen LogP contribution in [0.5, 0.6) is 5.75 Å². The van der Waals surface area contributed by atoms with Gasteiger partial charge in [-0.15, -0.1) is 0 Å². The standard InChI is InChI=1S/C44H62N10O19S/c1-20(55)35(52-40(68)30-5-2-14-53(30)42(70)23(45)19-74)41(69)47-24(10-12-32(58)59)36(64)49-26(17-31(46)57)37(65)48-25(11-13-33(60)61)43(71)54-15-3-4-29(54)39(67)50-27(18-34(62)63)38(66)51-28(44(72)73)16-21-6-8-22(56)9-7-21/h6-9,20,23-30,35,55-56,74H,2-5,10-19,45H2,1H3,(H2,46,57)(H,47,69)(H,48,65)(H,49,64)(H,50,67)(H,51,66)(H,52,68)(H,58,59)(H,60,61)(H,62,63)(H,72,73)/t20-,23+,24+,25+,26+,27+,28+,29+,30+,35+/m1/s1. The van der Waals surface area contributed by atoms with E-state index in [4.69, 9.17) is 11.5 Å². The summed E-state index contributed by atoms with van der Waals surface area (Å²) in [5.41, 5.74) is 11.5. The van der Waals surface area contributed by atoms with Gasteiger partial charge in [-0.05, 0) is 63.1 Å². The molecule has 10 atom stereocenters. The molecule has 9 amide bonds. The van der Waals surface area contributed by atoms with Crippen molar-refractivity contribution in [3.8, 4) is 5.75 Å². The number of carbonyl (C=O) groups is 13. The Balaban J connectivity index is 1.83. The number of benzene rings is 1. The minimum atomic E-state index is -2.01. The van der Waals surface area contributed by atoms with Gasteiger partial charge >= 0.3 is 23.9 Å². The number of likely N-dealkylation sites (tertiary alicyclic amines) is 2. The highest BCUT2D eigenvalue weighted by Crippen LogP contribution is 2.22. The van der Waals surface area contributed by atoms with Crippen molar-refractivity contribution in [3.63, 3.8) is 0 Å². The molecule has 2 fully saturated rings. The number of carbonyl (C=O) groups excluding carboxylic acids is 9. The Morgan fingerprint density at radius 2 is 1.08 bits per heavy atom. The monoisotopic (exact) mass is 1070 g/mol. The zero-order valence-electron chi connectivity index (χ0n) is 40.0. The lowest BCUT2D eigenvalue weighted by molar-refractivity contribution is -0.146.